The van der Waals surface area contributed by atoms with Crippen molar-refractivity contribution in [2.75, 3.05) is 7.05 Å². The Labute approximate surface area is 145 Å². The van der Waals surface area contributed by atoms with Gasteiger partial charge in [0.2, 0.25) is 0 Å². The molecule has 2 aromatic heterocycles. The van der Waals surface area contributed by atoms with E-state index >= 15 is 0 Å². The fourth-order valence-corrected chi connectivity index (χ4v) is 3.32. The van der Waals surface area contributed by atoms with Crippen molar-refractivity contribution in [3.8, 4) is 0 Å². The van der Waals surface area contributed by atoms with E-state index in [4.69, 9.17) is 8.83 Å². The monoisotopic (exact) mass is 336 g/mol. The second-order valence-electron chi connectivity index (χ2n) is 6.27. The van der Waals surface area contributed by atoms with Crippen LogP contribution in [-0.4, -0.2) is 16.5 Å². The van der Waals surface area contributed by atoms with Gasteiger partial charge in [-0.25, -0.2) is 4.79 Å². The Morgan fingerprint density at radius 1 is 1.00 bits per heavy atom. The molecule has 25 heavy (non-hydrogen) atoms. The van der Waals surface area contributed by atoms with Crippen LogP contribution in [0.5, 0.6) is 0 Å². The molecule has 0 spiro atoms. The minimum Gasteiger partial charge on any atom is -0.461 e. The van der Waals surface area contributed by atoms with E-state index in [1.807, 2.05) is 49.5 Å². The molecule has 2 heterocycles. The van der Waals surface area contributed by atoms with Crippen LogP contribution < -0.4 is 5.76 Å². The number of oxazole rings is 1. The van der Waals surface area contributed by atoms with E-state index in [1.54, 1.807) is 4.57 Å². The van der Waals surface area contributed by atoms with Crippen LogP contribution in [0, 0.1) is 0 Å². The Kier molecular flexibility index (Phi) is 3.93. The number of hydrogen-bond acceptors (Lipinski definition) is 4. The number of aromatic nitrogens is 1. The van der Waals surface area contributed by atoms with Gasteiger partial charge in [0.25, 0.3) is 0 Å². The van der Waals surface area contributed by atoms with E-state index in [0.29, 0.717) is 18.8 Å². The summed E-state index contributed by atoms with van der Waals surface area (Å²) < 4.78 is 12.9. The Balaban J connectivity index is 1.65. The smallest absolute Gasteiger partial charge is 0.421 e. The first-order chi connectivity index (χ1) is 12.2. The fraction of sp³-hybridized carbons (Fsp3) is 0.250. The van der Waals surface area contributed by atoms with Crippen molar-refractivity contribution in [2.24, 2.45) is 0 Å². The summed E-state index contributed by atoms with van der Waals surface area (Å²) in [6.07, 6.45) is 0.840. The molecule has 0 aliphatic carbocycles. The van der Waals surface area contributed by atoms with Gasteiger partial charge in [-0.05, 0) is 25.2 Å². The quantitative estimate of drug-likeness (QED) is 0.553. The van der Waals surface area contributed by atoms with Gasteiger partial charge in [-0.1, -0.05) is 37.3 Å². The molecule has 2 aromatic carbocycles. The summed E-state index contributed by atoms with van der Waals surface area (Å²) in [6, 6.07) is 15.6. The van der Waals surface area contributed by atoms with Crippen LogP contribution >= 0.6 is 0 Å². The van der Waals surface area contributed by atoms with E-state index in [9.17, 15) is 4.79 Å². The lowest BCUT2D eigenvalue weighted by molar-refractivity contribution is 0.252. The highest BCUT2D eigenvalue weighted by Gasteiger charge is 2.16. The molecule has 5 nitrogen and oxygen atoms in total. The predicted molar refractivity (Wildman–Crippen MR) is 97.5 cm³/mol. The van der Waals surface area contributed by atoms with E-state index in [-0.39, 0.29) is 5.76 Å². The topological polar surface area (TPSA) is 51.5 Å². The SMILES string of the molecule is CCc1oc2ccccc2c1CN(C)Cn1c(=O)oc2ccccc21. The molecular formula is C20H20N2O3. The number of hydrogen-bond donors (Lipinski definition) is 0. The van der Waals surface area contributed by atoms with Gasteiger partial charge in [0.1, 0.15) is 11.3 Å². The van der Waals surface area contributed by atoms with Gasteiger partial charge in [0.05, 0.1) is 12.2 Å². The molecule has 4 aromatic rings. The maximum absolute atomic E-state index is 12.2. The summed E-state index contributed by atoms with van der Waals surface area (Å²) in [4.78, 5) is 14.3. The van der Waals surface area contributed by atoms with Crippen LogP contribution in [0.3, 0.4) is 0 Å². The largest absolute Gasteiger partial charge is 0.461 e. The van der Waals surface area contributed by atoms with Crippen molar-refractivity contribution in [3.05, 3.63) is 70.4 Å². The summed E-state index contributed by atoms with van der Waals surface area (Å²) in [5.74, 6) is 0.665. The third-order valence-corrected chi connectivity index (χ3v) is 4.49. The zero-order chi connectivity index (χ0) is 17.4. The number of benzene rings is 2. The van der Waals surface area contributed by atoms with Crippen LogP contribution in [0.1, 0.15) is 18.2 Å². The Bertz CT molecular complexity index is 1090. The third kappa shape index (κ3) is 2.76. The maximum atomic E-state index is 12.2. The molecule has 128 valence electrons. The number of aryl methyl sites for hydroxylation is 1. The Hall–Kier alpha value is -2.79. The highest BCUT2D eigenvalue weighted by atomic mass is 16.4. The molecule has 0 atom stereocenters. The first-order valence-corrected chi connectivity index (χ1v) is 8.43. The van der Waals surface area contributed by atoms with E-state index < -0.39 is 0 Å². The average Bonchev–Trinajstić information content (AvgIpc) is 3.13. The zero-order valence-electron chi connectivity index (χ0n) is 14.4. The van der Waals surface area contributed by atoms with Gasteiger partial charge < -0.3 is 8.83 Å². The molecule has 0 aliphatic rings. The van der Waals surface area contributed by atoms with Crippen molar-refractivity contribution >= 4 is 22.1 Å². The van der Waals surface area contributed by atoms with Crippen LogP contribution in [0.15, 0.2) is 62.2 Å². The second-order valence-corrected chi connectivity index (χ2v) is 6.27. The summed E-state index contributed by atoms with van der Waals surface area (Å²) in [5, 5.41) is 1.13. The number of para-hydroxylation sites is 3. The first-order valence-electron chi connectivity index (χ1n) is 8.43. The van der Waals surface area contributed by atoms with E-state index in [0.717, 1.165) is 28.7 Å². The zero-order valence-corrected chi connectivity index (χ0v) is 14.4. The number of furan rings is 1. The molecule has 0 saturated carbocycles. The van der Waals surface area contributed by atoms with Crippen molar-refractivity contribution in [1.29, 1.82) is 0 Å². The highest BCUT2D eigenvalue weighted by molar-refractivity contribution is 5.82. The Morgan fingerprint density at radius 3 is 2.52 bits per heavy atom. The fourth-order valence-electron chi connectivity index (χ4n) is 3.32. The minimum absolute atomic E-state index is 0.333. The van der Waals surface area contributed by atoms with E-state index in [2.05, 4.69) is 17.9 Å². The van der Waals surface area contributed by atoms with Crippen LogP contribution in [0.4, 0.5) is 0 Å². The average molecular weight is 336 g/mol. The van der Waals surface area contributed by atoms with Gasteiger partial charge in [-0.2, -0.15) is 0 Å². The molecule has 0 radical (unpaired) electrons. The normalized spacial score (nSPS) is 11.8. The Morgan fingerprint density at radius 2 is 1.72 bits per heavy atom. The lowest BCUT2D eigenvalue weighted by atomic mass is 10.1. The third-order valence-electron chi connectivity index (χ3n) is 4.49. The molecule has 0 bridgehead atoms. The maximum Gasteiger partial charge on any atom is 0.421 e. The van der Waals surface area contributed by atoms with Gasteiger partial charge in [0, 0.05) is 23.9 Å². The molecule has 0 amide bonds. The lowest BCUT2D eigenvalue weighted by Gasteiger charge is -2.17. The standard InChI is InChI=1S/C20H20N2O3/c1-3-17-15(14-8-4-6-10-18(14)24-17)12-21(2)13-22-16-9-5-7-11-19(16)25-20(22)23/h4-11H,3,12-13H2,1-2H3. The first kappa shape index (κ1) is 15.7. The highest BCUT2D eigenvalue weighted by Crippen LogP contribution is 2.27. The summed E-state index contributed by atoms with van der Waals surface area (Å²) in [6.45, 7) is 3.25. The van der Waals surface area contributed by atoms with Gasteiger partial charge in [-0.3, -0.25) is 9.47 Å². The van der Waals surface area contributed by atoms with Crippen LogP contribution in [0.25, 0.3) is 22.1 Å². The van der Waals surface area contributed by atoms with Crippen molar-refractivity contribution in [1.82, 2.24) is 9.47 Å². The summed E-state index contributed by atoms with van der Waals surface area (Å²) in [5.41, 5.74) is 3.52. The second kappa shape index (κ2) is 6.26. The van der Waals surface area contributed by atoms with Gasteiger partial charge in [0.15, 0.2) is 5.58 Å². The van der Waals surface area contributed by atoms with Gasteiger partial charge in [-0.15, -0.1) is 0 Å². The molecule has 4 rings (SSSR count). The van der Waals surface area contributed by atoms with Crippen LogP contribution in [0.2, 0.25) is 0 Å². The molecule has 0 fully saturated rings. The number of rotatable bonds is 5. The van der Waals surface area contributed by atoms with Crippen molar-refractivity contribution < 1.29 is 8.83 Å². The lowest BCUT2D eigenvalue weighted by Crippen LogP contribution is -2.27. The summed E-state index contributed by atoms with van der Waals surface area (Å²) in [7, 11) is 2.00. The molecule has 0 N–H and O–H groups in total. The van der Waals surface area contributed by atoms with Gasteiger partial charge >= 0.3 is 5.76 Å². The molecule has 0 unspecified atom stereocenters. The predicted octanol–water partition coefficient (Wildman–Crippen LogP) is 3.99. The molecule has 5 heteroatoms. The number of nitrogens with zero attached hydrogens (tertiary/aromatic N) is 2. The summed E-state index contributed by atoms with van der Waals surface area (Å²) >= 11 is 0. The molecule has 0 saturated heterocycles. The number of fused-ring (bicyclic) bond motifs is 2. The van der Waals surface area contributed by atoms with Crippen molar-refractivity contribution in [2.45, 2.75) is 26.6 Å². The molecular weight excluding hydrogens is 316 g/mol. The van der Waals surface area contributed by atoms with Crippen LogP contribution in [-0.2, 0) is 19.6 Å². The van der Waals surface area contributed by atoms with E-state index in [1.165, 1.54) is 5.56 Å². The minimum atomic E-state index is -0.333. The molecule has 0 aliphatic heterocycles. The van der Waals surface area contributed by atoms with Crippen molar-refractivity contribution in [3.63, 3.8) is 0 Å².